The van der Waals surface area contributed by atoms with E-state index in [0.29, 0.717) is 12.8 Å². The number of aliphatic hydroxyl groups is 1. The molecule has 0 aromatic rings. The molecule has 6 N–H and O–H groups in total. The molecule has 1 unspecified atom stereocenters. The molecule has 0 bridgehead atoms. The van der Waals surface area contributed by atoms with E-state index in [1.54, 1.807) is 6.92 Å². The first-order chi connectivity index (χ1) is 7.88. The summed E-state index contributed by atoms with van der Waals surface area (Å²) in [6.07, 6.45) is 0.175. The summed E-state index contributed by atoms with van der Waals surface area (Å²) >= 11 is 0. The number of carbonyl (C=O) groups is 2. The van der Waals surface area contributed by atoms with E-state index in [0.717, 1.165) is 0 Å². The van der Waals surface area contributed by atoms with Gasteiger partial charge in [-0.25, -0.2) is 0 Å². The summed E-state index contributed by atoms with van der Waals surface area (Å²) in [6.45, 7) is 1.51. The van der Waals surface area contributed by atoms with Crippen molar-refractivity contribution in [1.29, 1.82) is 0 Å². The molecule has 0 saturated heterocycles. The van der Waals surface area contributed by atoms with Crippen LogP contribution in [0.5, 0.6) is 0 Å². The van der Waals surface area contributed by atoms with E-state index in [-0.39, 0.29) is 13.0 Å². The van der Waals surface area contributed by atoms with E-state index in [1.165, 1.54) is 0 Å². The summed E-state index contributed by atoms with van der Waals surface area (Å²) in [5.74, 6) is -1.75. The van der Waals surface area contributed by atoms with E-state index in [1.807, 2.05) is 0 Å². The molecule has 17 heavy (non-hydrogen) atoms. The third kappa shape index (κ3) is 6.88. The van der Waals surface area contributed by atoms with E-state index in [9.17, 15) is 9.59 Å². The number of carboxylic acids is 1. The summed E-state index contributed by atoms with van der Waals surface area (Å²) in [4.78, 5) is 21.9. The molecule has 0 aliphatic rings. The smallest absolute Gasteiger partial charge is 0.323 e. The van der Waals surface area contributed by atoms with Gasteiger partial charge in [0.05, 0.1) is 0 Å². The lowest BCUT2D eigenvalue weighted by atomic mass is 10.1. The fraction of sp³-hybridized carbons (Fsp3) is 0.800. The molecule has 0 heterocycles. The molecular formula is C10H20N2O5. The van der Waals surface area contributed by atoms with Gasteiger partial charge in [-0.15, -0.1) is 0 Å². The molecule has 3 atom stereocenters. The average molecular weight is 248 g/mol. The van der Waals surface area contributed by atoms with Crippen LogP contribution in [0.25, 0.3) is 0 Å². The molecule has 0 aromatic carbocycles. The molecule has 0 aliphatic heterocycles. The number of esters is 1. The number of nitrogens with two attached hydrogens (primary N) is 2. The van der Waals surface area contributed by atoms with Crippen molar-refractivity contribution in [2.45, 2.75) is 44.4 Å². The minimum Gasteiger partial charge on any atom is -0.480 e. The van der Waals surface area contributed by atoms with Crippen LogP contribution in [0.15, 0.2) is 0 Å². The summed E-state index contributed by atoms with van der Waals surface area (Å²) in [7, 11) is 0. The molecule has 0 amide bonds. The van der Waals surface area contributed by atoms with Gasteiger partial charge in [0, 0.05) is 13.0 Å². The monoisotopic (exact) mass is 248 g/mol. The Morgan fingerprint density at radius 3 is 2.35 bits per heavy atom. The summed E-state index contributed by atoms with van der Waals surface area (Å²) in [6, 6.07) is -1.86. The lowest BCUT2D eigenvalue weighted by Crippen LogP contribution is -2.38. The standard InChI is InChI=1S/C10H20N2O5/c1-6(5-8(12)9(14)15)17-10(16)7(11)3-2-4-13/h6-8,13H,2-5,11-12H2,1H3,(H,14,15)/t6?,7-,8-/m0/s1. The number of hydrogen-bond donors (Lipinski definition) is 4. The van der Waals surface area contributed by atoms with Crippen molar-refractivity contribution >= 4 is 11.9 Å². The van der Waals surface area contributed by atoms with Crippen LogP contribution >= 0.6 is 0 Å². The molecule has 7 heteroatoms. The molecular weight excluding hydrogens is 228 g/mol. The van der Waals surface area contributed by atoms with Crippen molar-refractivity contribution in [2.75, 3.05) is 6.61 Å². The molecule has 0 fully saturated rings. The van der Waals surface area contributed by atoms with Crippen molar-refractivity contribution in [1.82, 2.24) is 0 Å². The molecule has 0 aliphatic carbocycles. The normalized spacial score (nSPS) is 16.0. The highest BCUT2D eigenvalue weighted by Gasteiger charge is 2.21. The van der Waals surface area contributed by atoms with Crippen molar-refractivity contribution in [2.24, 2.45) is 11.5 Å². The SMILES string of the molecule is CC(C[C@H](N)C(=O)O)OC(=O)[C@@H](N)CCCO. The van der Waals surface area contributed by atoms with Crippen LogP contribution in [0.4, 0.5) is 0 Å². The van der Waals surface area contributed by atoms with Gasteiger partial charge in [-0.05, 0) is 19.8 Å². The number of aliphatic carboxylic acids is 1. The van der Waals surface area contributed by atoms with Crippen molar-refractivity contribution in [3.63, 3.8) is 0 Å². The third-order valence-corrected chi connectivity index (χ3v) is 2.20. The number of carboxylic acid groups (broad SMARTS) is 1. The molecule has 0 rings (SSSR count). The van der Waals surface area contributed by atoms with Gasteiger partial charge in [0.15, 0.2) is 0 Å². The van der Waals surface area contributed by atoms with E-state index >= 15 is 0 Å². The summed E-state index contributed by atoms with van der Waals surface area (Å²) in [5.41, 5.74) is 10.8. The highest BCUT2D eigenvalue weighted by Crippen LogP contribution is 2.04. The second kappa shape index (κ2) is 7.99. The second-order valence-electron chi connectivity index (χ2n) is 3.90. The maximum Gasteiger partial charge on any atom is 0.323 e. The highest BCUT2D eigenvalue weighted by atomic mass is 16.5. The molecule has 100 valence electrons. The van der Waals surface area contributed by atoms with Crippen LogP contribution in [0.1, 0.15) is 26.2 Å². The Labute approximate surface area is 99.7 Å². The Morgan fingerprint density at radius 2 is 1.88 bits per heavy atom. The van der Waals surface area contributed by atoms with Crippen LogP contribution in [-0.2, 0) is 14.3 Å². The minimum atomic E-state index is -1.14. The quantitative estimate of drug-likeness (QED) is 0.397. The number of rotatable bonds is 8. The lowest BCUT2D eigenvalue weighted by Gasteiger charge is -2.18. The Kier molecular flexibility index (Phi) is 7.44. The van der Waals surface area contributed by atoms with Crippen LogP contribution in [0, 0.1) is 0 Å². The van der Waals surface area contributed by atoms with Crippen molar-refractivity contribution in [3.05, 3.63) is 0 Å². The Hall–Kier alpha value is -1.18. The highest BCUT2D eigenvalue weighted by molar-refractivity contribution is 5.76. The average Bonchev–Trinajstić information content (AvgIpc) is 2.25. The number of carbonyl (C=O) groups excluding carboxylic acids is 1. The van der Waals surface area contributed by atoms with Crippen LogP contribution in [0.2, 0.25) is 0 Å². The van der Waals surface area contributed by atoms with Gasteiger partial charge in [0.25, 0.3) is 0 Å². The van der Waals surface area contributed by atoms with Gasteiger partial charge in [-0.3, -0.25) is 9.59 Å². The van der Waals surface area contributed by atoms with Gasteiger partial charge in [-0.1, -0.05) is 0 Å². The Balaban J connectivity index is 3.98. The molecule has 7 nitrogen and oxygen atoms in total. The van der Waals surface area contributed by atoms with Gasteiger partial charge < -0.3 is 26.4 Å². The zero-order valence-electron chi connectivity index (χ0n) is 9.83. The molecule has 0 saturated carbocycles. The first-order valence-electron chi connectivity index (χ1n) is 5.43. The lowest BCUT2D eigenvalue weighted by molar-refractivity contribution is -0.152. The first kappa shape index (κ1) is 15.8. The van der Waals surface area contributed by atoms with Crippen molar-refractivity contribution < 1.29 is 24.5 Å². The minimum absolute atomic E-state index is 0.0355. The zero-order valence-corrected chi connectivity index (χ0v) is 9.83. The van der Waals surface area contributed by atoms with Crippen LogP contribution in [0.3, 0.4) is 0 Å². The molecule has 0 spiro atoms. The number of hydrogen-bond acceptors (Lipinski definition) is 6. The topological polar surface area (TPSA) is 136 Å². The summed E-state index contributed by atoms with van der Waals surface area (Å²) in [5, 5.41) is 17.1. The maximum atomic E-state index is 11.4. The van der Waals surface area contributed by atoms with Gasteiger partial charge >= 0.3 is 11.9 Å². The summed E-state index contributed by atoms with van der Waals surface area (Å²) < 4.78 is 4.94. The van der Waals surface area contributed by atoms with Gasteiger partial charge in [0.2, 0.25) is 0 Å². The number of aliphatic hydroxyl groups excluding tert-OH is 1. The maximum absolute atomic E-state index is 11.4. The van der Waals surface area contributed by atoms with Gasteiger partial charge in [-0.2, -0.15) is 0 Å². The number of ether oxygens (including phenoxy) is 1. The predicted octanol–water partition coefficient (Wildman–Crippen LogP) is -1.18. The van der Waals surface area contributed by atoms with Crippen LogP contribution < -0.4 is 11.5 Å². The predicted molar refractivity (Wildman–Crippen MR) is 60.1 cm³/mol. The fourth-order valence-electron chi connectivity index (χ4n) is 1.22. The molecule has 0 aromatic heterocycles. The van der Waals surface area contributed by atoms with E-state index in [2.05, 4.69) is 0 Å². The van der Waals surface area contributed by atoms with E-state index < -0.39 is 30.1 Å². The first-order valence-corrected chi connectivity index (χ1v) is 5.43. The molecule has 0 radical (unpaired) electrons. The fourth-order valence-corrected chi connectivity index (χ4v) is 1.22. The van der Waals surface area contributed by atoms with Gasteiger partial charge in [0.1, 0.15) is 18.2 Å². The second-order valence-corrected chi connectivity index (χ2v) is 3.90. The zero-order chi connectivity index (χ0) is 13.4. The van der Waals surface area contributed by atoms with Crippen molar-refractivity contribution in [3.8, 4) is 0 Å². The Bertz CT molecular complexity index is 259. The largest absolute Gasteiger partial charge is 0.480 e. The third-order valence-electron chi connectivity index (χ3n) is 2.20. The van der Waals surface area contributed by atoms with E-state index in [4.69, 9.17) is 26.4 Å². The Morgan fingerprint density at radius 1 is 1.29 bits per heavy atom. The van der Waals surface area contributed by atoms with Crippen LogP contribution in [-0.4, -0.2) is 46.9 Å².